The quantitative estimate of drug-likeness (QED) is 0.352. The van der Waals surface area contributed by atoms with Crippen LogP contribution in [-0.2, 0) is 61.2 Å². The van der Waals surface area contributed by atoms with Gasteiger partial charge in [0.25, 0.3) is 0 Å². The molecular formula is C25H35F3NO4SY-. The SMILES string of the molecule is CCO.Cc1ccc(CCCOc2ccc(CCC3([NH-])COC(C)(C)OC3)cc2C(F)(F)F)s1.[Y]. The van der Waals surface area contributed by atoms with E-state index in [1.54, 1.807) is 38.2 Å². The van der Waals surface area contributed by atoms with Gasteiger partial charge in [0.2, 0.25) is 0 Å². The number of rotatable bonds is 8. The van der Waals surface area contributed by atoms with Gasteiger partial charge in [-0.15, -0.1) is 11.3 Å². The second kappa shape index (κ2) is 14.4. The Balaban J connectivity index is 0.00000145. The fourth-order valence-corrected chi connectivity index (χ4v) is 4.30. The maximum atomic E-state index is 13.6. The number of aryl methyl sites for hydroxylation is 3. The molecule has 1 aromatic carbocycles. The molecule has 195 valence electrons. The van der Waals surface area contributed by atoms with Crippen LogP contribution in [-0.4, -0.2) is 42.9 Å². The van der Waals surface area contributed by atoms with Crippen LogP contribution in [0, 0.1) is 6.92 Å². The third kappa shape index (κ3) is 11.2. The van der Waals surface area contributed by atoms with E-state index in [1.807, 2.05) is 19.1 Å². The minimum absolute atomic E-state index is 0. The Morgan fingerprint density at radius 3 is 2.29 bits per heavy atom. The Bertz CT molecular complexity index is 895. The van der Waals surface area contributed by atoms with Gasteiger partial charge in [-0.3, -0.25) is 0 Å². The number of ether oxygens (including phenoxy) is 3. The van der Waals surface area contributed by atoms with Crippen molar-refractivity contribution in [3.63, 3.8) is 0 Å². The Kier molecular flexibility index (Phi) is 13.4. The van der Waals surface area contributed by atoms with Crippen molar-refractivity contribution in [1.82, 2.24) is 0 Å². The summed E-state index contributed by atoms with van der Waals surface area (Å²) in [5.74, 6) is -0.875. The van der Waals surface area contributed by atoms with Crippen LogP contribution in [0.5, 0.6) is 5.75 Å². The number of thiophene rings is 1. The van der Waals surface area contributed by atoms with E-state index in [-0.39, 0.29) is 64.9 Å². The Morgan fingerprint density at radius 2 is 1.74 bits per heavy atom. The first kappa shape index (κ1) is 32.5. The molecule has 2 N–H and O–H groups in total. The average molecular weight is 592 g/mol. The molecule has 10 heteroatoms. The van der Waals surface area contributed by atoms with Gasteiger partial charge in [0.05, 0.1) is 12.2 Å². The molecular weight excluding hydrogens is 556 g/mol. The van der Waals surface area contributed by atoms with Gasteiger partial charge in [-0.2, -0.15) is 13.2 Å². The maximum Gasteiger partial charge on any atom is 0.419 e. The standard InChI is InChI=1S/C23H29F3NO3S.C2H6O.Y/c1-16-6-8-18(31-16)5-4-12-28-20-9-7-17(13-19(20)23(24,25)26)10-11-22(27)14-29-21(2,3)30-15-22;1-2-3;/h6-9,13,27H,4-5,10-12,14-15H2,1-3H3;3H,2H2,1H3;/q-1;;. The first-order chi connectivity index (χ1) is 15.9. The summed E-state index contributed by atoms with van der Waals surface area (Å²) in [7, 11) is 0. The van der Waals surface area contributed by atoms with Gasteiger partial charge in [-0.05, 0) is 76.8 Å². The molecule has 0 spiro atoms. The largest absolute Gasteiger partial charge is 0.668 e. The normalized spacial score (nSPS) is 16.6. The van der Waals surface area contributed by atoms with Gasteiger partial charge in [-0.1, -0.05) is 18.0 Å². The summed E-state index contributed by atoms with van der Waals surface area (Å²) in [6.45, 7) is 8.12. The molecule has 1 aromatic heterocycles. The van der Waals surface area contributed by atoms with Crippen molar-refractivity contribution >= 4 is 11.3 Å². The molecule has 5 nitrogen and oxygen atoms in total. The number of aliphatic hydroxyl groups excluding tert-OH is 1. The molecule has 2 aromatic rings. The van der Waals surface area contributed by atoms with E-state index in [1.165, 1.54) is 15.8 Å². The van der Waals surface area contributed by atoms with Crippen molar-refractivity contribution < 1.29 is 65.2 Å². The second-order valence-electron chi connectivity index (χ2n) is 8.87. The van der Waals surface area contributed by atoms with Crippen LogP contribution in [0.15, 0.2) is 30.3 Å². The number of hydrogen-bond donors (Lipinski definition) is 1. The van der Waals surface area contributed by atoms with E-state index in [4.69, 9.17) is 25.1 Å². The molecule has 1 fully saturated rings. The number of benzene rings is 1. The summed E-state index contributed by atoms with van der Waals surface area (Å²) < 4.78 is 57.4. The molecule has 0 atom stereocenters. The summed E-state index contributed by atoms with van der Waals surface area (Å²) >= 11 is 1.69. The van der Waals surface area contributed by atoms with E-state index >= 15 is 0 Å². The number of alkyl halides is 3. The fraction of sp³-hybridized carbons (Fsp3) is 0.600. The molecule has 1 saturated heterocycles. The van der Waals surface area contributed by atoms with Crippen molar-refractivity contribution in [1.29, 1.82) is 0 Å². The number of nitrogens with one attached hydrogen (secondary N) is 1. The molecule has 0 saturated carbocycles. The smallest absolute Gasteiger partial charge is 0.419 e. The van der Waals surface area contributed by atoms with Crippen molar-refractivity contribution in [2.24, 2.45) is 0 Å². The van der Waals surface area contributed by atoms with Crippen LogP contribution >= 0.6 is 11.3 Å². The first-order valence-corrected chi connectivity index (χ1v) is 12.2. The summed E-state index contributed by atoms with van der Waals surface area (Å²) in [6, 6.07) is 8.25. The third-order valence-electron chi connectivity index (χ3n) is 5.25. The summed E-state index contributed by atoms with van der Waals surface area (Å²) in [5, 5.41) is 7.57. The van der Waals surface area contributed by atoms with Crippen molar-refractivity contribution in [2.75, 3.05) is 26.4 Å². The zero-order valence-electron chi connectivity index (χ0n) is 20.8. The Morgan fingerprint density at radius 1 is 1.11 bits per heavy atom. The molecule has 35 heavy (non-hydrogen) atoms. The third-order valence-corrected chi connectivity index (χ3v) is 6.32. The van der Waals surface area contributed by atoms with Crippen LogP contribution in [0.1, 0.15) is 54.5 Å². The van der Waals surface area contributed by atoms with Crippen LogP contribution in [0.4, 0.5) is 13.2 Å². The average Bonchev–Trinajstić information content (AvgIpc) is 3.18. The zero-order chi connectivity index (χ0) is 25.4. The van der Waals surface area contributed by atoms with Gasteiger partial charge in [0.1, 0.15) is 5.75 Å². The van der Waals surface area contributed by atoms with Gasteiger partial charge in [0.15, 0.2) is 5.79 Å². The maximum absolute atomic E-state index is 13.6. The van der Waals surface area contributed by atoms with Gasteiger partial charge in [-0.25, -0.2) is 0 Å². The topological polar surface area (TPSA) is 71.7 Å². The molecule has 1 radical (unpaired) electrons. The zero-order valence-corrected chi connectivity index (χ0v) is 24.5. The summed E-state index contributed by atoms with van der Waals surface area (Å²) in [6.07, 6.45) is -2.39. The van der Waals surface area contributed by atoms with Crippen LogP contribution < -0.4 is 4.74 Å². The molecule has 3 rings (SSSR count). The first-order valence-electron chi connectivity index (χ1n) is 11.4. The number of aliphatic hydroxyl groups is 1. The van der Waals surface area contributed by atoms with E-state index in [0.717, 1.165) is 12.5 Å². The number of halogens is 3. The minimum atomic E-state index is -4.50. The number of hydrogen-bond acceptors (Lipinski definition) is 5. The monoisotopic (exact) mass is 591 g/mol. The Labute approximate surface area is 235 Å². The predicted octanol–water partition coefficient (Wildman–Crippen LogP) is 6.59. The predicted molar refractivity (Wildman–Crippen MR) is 128 cm³/mol. The van der Waals surface area contributed by atoms with Gasteiger partial charge >= 0.3 is 6.18 Å². The minimum Gasteiger partial charge on any atom is -0.668 e. The molecule has 0 unspecified atom stereocenters. The van der Waals surface area contributed by atoms with E-state index < -0.39 is 23.1 Å². The van der Waals surface area contributed by atoms with E-state index in [9.17, 15) is 13.2 Å². The van der Waals surface area contributed by atoms with Crippen LogP contribution in [0.3, 0.4) is 0 Å². The molecule has 0 bridgehead atoms. The molecule has 0 aliphatic carbocycles. The van der Waals surface area contributed by atoms with Gasteiger partial charge < -0.3 is 25.1 Å². The van der Waals surface area contributed by atoms with Gasteiger partial charge in [0, 0.05) is 62.3 Å². The van der Waals surface area contributed by atoms with E-state index in [2.05, 4.69) is 0 Å². The molecule has 1 aliphatic rings. The fourth-order valence-electron chi connectivity index (χ4n) is 3.36. The van der Waals surface area contributed by atoms with Crippen LogP contribution in [0.25, 0.3) is 5.73 Å². The van der Waals surface area contributed by atoms with Crippen molar-refractivity contribution in [2.45, 2.75) is 70.9 Å². The van der Waals surface area contributed by atoms with Crippen molar-refractivity contribution in [3.05, 3.63) is 56.9 Å². The second-order valence-corrected chi connectivity index (χ2v) is 10.2. The summed E-state index contributed by atoms with van der Waals surface area (Å²) in [5.41, 5.74) is 7.23. The van der Waals surface area contributed by atoms with Crippen molar-refractivity contribution in [3.8, 4) is 5.75 Å². The van der Waals surface area contributed by atoms with Crippen LogP contribution in [0.2, 0.25) is 0 Å². The van der Waals surface area contributed by atoms with E-state index in [0.29, 0.717) is 24.8 Å². The molecule has 2 heterocycles. The Hall–Kier alpha value is -0.546. The summed E-state index contributed by atoms with van der Waals surface area (Å²) in [4.78, 5) is 2.42. The molecule has 1 aliphatic heterocycles. The molecule has 0 amide bonds.